The Morgan fingerprint density at radius 3 is 2.68 bits per heavy atom. The molecule has 0 heterocycles. The van der Waals surface area contributed by atoms with Crippen molar-refractivity contribution in [3.8, 4) is 0 Å². The summed E-state index contributed by atoms with van der Waals surface area (Å²) in [5.74, 6) is 0.285. The second-order valence-electron chi connectivity index (χ2n) is 5.33. The lowest BCUT2D eigenvalue weighted by Gasteiger charge is -2.28. The van der Waals surface area contributed by atoms with E-state index < -0.39 is 0 Å². The van der Waals surface area contributed by atoms with E-state index >= 15 is 0 Å². The third kappa shape index (κ3) is 4.05. The zero-order chi connectivity index (χ0) is 13.8. The van der Waals surface area contributed by atoms with E-state index in [9.17, 15) is 9.90 Å². The van der Waals surface area contributed by atoms with Gasteiger partial charge in [0.05, 0.1) is 6.10 Å². The maximum atomic E-state index is 12.3. The first-order chi connectivity index (χ1) is 9.06. The topological polar surface area (TPSA) is 40.5 Å². The van der Waals surface area contributed by atoms with Gasteiger partial charge in [-0.1, -0.05) is 28.1 Å². The highest BCUT2D eigenvalue weighted by Gasteiger charge is 2.27. The minimum absolute atomic E-state index is 0.0838. The lowest BCUT2D eigenvalue weighted by Crippen LogP contribution is -2.35. The van der Waals surface area contributed by atoms with Gasteiger partial charge < -0.3 is 10.0 Å². The fourth-order valence-electron chi connectivity index (χ4n) is 2.62. The number of amides is 1. The van der Waals surface area contributed by atoms with Gasteiger partial charge in [-0.25, -0.2) is 0 Å². The summed E-state index contributed by atoms with van der Waals surface area (Å²) < 4.78 is 1.03. The van der Waals surface area contributed by atoms with Crippen LogP contribution >= 0.6 is 15.9 Å². The Hall–Kier alpha value is -0.870. The Balaban J connectivity index is 1.92. The van der Waals surface area contributed by atoms with Crippen molar-refractivity contribution in [2.24, 2.45) is 5.92 Å². The molecule has 0 aromatic heterocycles. The third-order valence-electron chi connectivity index (χ3n) is 3.73. The molecule has 1 amide bonds. The molecule has 104 valence electrons. The van der Waals surface area contributed by atoms with Gasteiger partial charge >= 0.3 is 0 Å². The molecular weight excluding hydrogens is 306 g/mol. The molecule has 1 saturated carbocycles. The fraction of sp³-hybridized carbons (Fsp3) is 0.533. The summed E-state index contributed by atoms with van der Waals surface area (Å²) in [7, 11) is 1.86. The van der Waals surface area contributed by atoms with E-state index in [0.29, 0.717) is 6.54 Å². The fourth-order valence-corrected chi connectivity index (χ4v) is 3.07. The maximum Gasteiger partial charge on any atom is 0.225 e. The van der Waals surface area contributed by atoms with Gasteiger partial charge in [-0.05, 0) is 43.4 Å². The molecule has 1 aromatic rings. The second kappa shape index (κ2) is 6.53. The van der Waals surface area contributed by atoms with Crippen LogP contribution in [0, 0.1) is 5.92 Å². The zero-order valence-electron chi connectivity index (χ0n) is 11.2. The molecule has 0 spiro atoms. The lowest BCUT2D eigenvalue weighted by atomic mass is 9.86. The highest BCUT2D eigenvalue weighted by Crippen LogP contribution is 2.26. The Kier molecular flexibility index (Phi) is 4.99. The molecule has 0 atom stereocenters. The minimum atomic E-state index is -0.209. The molecule has 2 rings (SSSR count). The van der Waals surface area contributed by atoms with Crippen LogP contribution in [0.4, 0.5) is 0 Å². The van der Waals surface area contributed by atoms with Crippen LogP contribution in [-0.4, -0.2) is 29.1 Å². The molecule has 1 aliphatic rings. The summed E-state index contributed by atoms with van der Waals surface area (Å²) in [5, 5.41) is 9.48. The summed E-state index contributed by atoms with van der Waals surface area (Å²) in [5.41, 5.74) is 1.13. The summed E-state index contributed by atoms with van der Waals surface area (Å²) in [4.78, 5) is 14.1. The van der Waals surface area contributed by atoms with E-state index in [1.807, 2.05) is 31.3 Å². The number of halogens is 1. The molecule has 19 heavy (non-hydrogen) atoms. The Morgan fingerprint density at radius 2 is 2.05 bits per heavy atom. The van der Waals surface area contributed by atoms with Gasteiger partial charge in [0.25, 0.3) is 0 Å². The number of nitrogens with zero attached hydrogens (tertiary/aromatic N) is 1. The van der Waals surface area contributed by atoms with E-state index in [0.717, 1.165) is 35.7 Å². The Bertz CT molecular complexity index is 442. The molecule has 0 saturated heterocycles. The van der Waals surface area contributed by atoms with Gasteiger partial charge in [0.2, 0.25) is 5.91 Å². The van der Waals surface area contributed by atoms with Crippen molar-refractivity contribution in [3.63, 3.8) is 0 Å². The number of rotatable bonds is 3. The standard InChI is InChI=1S/C15H20BrNO2/c1-17(10-11-3-2-4-13(16)9-11)15(19)12-5-7-14(18)8-6-12/h2-4,9,12,14,18H,5-8,10H2,1H3. The molecule has 0 aliphatic heterocycles. The molecule has 1 fully saturated rings. The number of carbonyl (C=O) groups excluding carboxylic acids is 1. The molecule has 0 radical (unpaired) electrons. The van der Waals surface area contributed by atoms with E-state index in [1.165, 1.54) is 0 Å². The summed E-state index contributed by atoms with van der Waals surface area (Å²) in [6, 6.07) is 8.02. The first-order valence-electron chi connectivity index (χ1n) is 6.73. The summed E-state index contributed by atoms with van der Waals surface area (Å²) >= 11 is 3.44. The highest BCUT2D eigenvalue weighted by molar-refractivity contribution is 9.10. The van der Waals surface area contributed by atoms with Crippen molar-refractivity contribution in [1.29, 1.82) is 0 Å². The van der Waals surface area contributed by atoms with Crippen LogP contribution in [0.2, 0.25) is 0 Å². The smallest absolute Gasteiger partial charge is 0.225 e. The van der Waals surface area contributed by atoms with Gasteiger partial charge in [-0.2, -0.15) is 0 Å². The number of aliphatic hydroxyl groups excluding tert-OH is 1. The normalized spacial score (nSPS) is 23.1. The molecule has 3 nitrogen and oxygen atoms in total. The van der Waals surface area contributed by atoms with Crippen molar-refractivity contribution in [2.75, 3.05) is 7.05 Å². The summed E-state index contributed by atoms with van der Waals surface area (Å²) in [6.07, 6.45) is 2.91. The number of hydrogen-bond acceptors (Lipinski definition) is 2. The molecule has 0 bridgehead atoms. The number of carbonyl (C=O) groups is 1. The number of aliphatic hydroxyl groups is 1. The van der Waals surface area contributed by atoms with E-state index in [2.05, 4.69) is 15.9 Å². The summed E-state index contributed by atoms with van der Waals surface area (Å²) in [6.45, 7) is 0.636. The van der Waals surface area contributed by atoms with Crippen LogP contribution in [-0.2, 0) is 11.3 Å². The molecule has 4 heteroatoms. The van der Waals surface area contributed by atoms with Crippen LogP contribution < -0.4 is 0 Å². The van der Waals surface area contributed by atoms with Crippen molar-refractivity contribution >= 4 is 21.8 Å². The van der Waals surface area contributed by atoms with Crippen LogP contribution in [0.3, 0.4) is 0 Å². The monoisotopic (exact) mass is 325 g/mol. The van der Waals surface area contributed by atoms with Crippen molar-refractivity contribution < 1.29 is 9.90 Å². The molecule has 0 unspecified atom stereocenters. The van der Waals surface area contributed by atoms with Crippen LogP contribution in [0.5, 0.6) is 0 Å². The van der Waals surface area contributed by atoms with Gasteiger partial charge in [-0.3, -0.25) is 4.79 Å². The minimum Gasteiger partial charge on any atom is -0.393 e. The predicted molar refractivity (Wildman–Crippen MR) is 78.6 cm³/mol. The van der Waals surface area contributed by atoms with E-state index in [4.69, 9.17) is 0 Å². The Morgan fingerprint density at radius 1 is 1.37 bits per heavy atom. The molecule has 1 aromatic carbocycles. The highest BCUT2D eigenvalue weighted by atomic mass is 79.9. The van der Waals surface area contributed by atoms with Crippen LogP contribution in [0.1, 0.15) is 31.2 Å². The SMILES string of the molecule is CN(Cc1cccc(Br)c1)C(=O)C1CCC(O)CC1. The van der Waals surface area contributed by atoms with Crippen LogP contribution in [0.25, 0.3) is 0 Å². The van der Waals surface area contributed by atoms with Gasteiger partial charge in [-0.15, -0.1) is 0 Å². The van der Waals surface area contributed by atoms with Crippen molar-refractivity contribution in [3.05, 3.63) is 34.3 Å². The molecule has 1 aliphatic carbocycles. The second-order valence-corrected chi connectivity index (χ2v) is 6.25. The quantitative estimate of drug-likeness (QED) is 0.928. The third-order valence-corrected chi connectivity index (χ3v) is 4.22. The lowest BCUT2D eigenvalue weighted by molar-refractivity contribution is -0.136. The maximum absolute atomic E-state index is 12.3. The van der Waals surface area contributed by atoms with Gasteiger partial charge in [0.1, 0.15) is 0 Å². The average molecular weight is 326 g/mol. The van der Waals surface area contributed by atoms with Crippen molar-refractivity contribution in [1.82, 2.24) is 4.90 Å². The van der Waals surface area contributed by atoms with E-state index in [1.54, 1.807) is 4.90 Å². The van der Waals surface area contributed by atoms with E-state index in [-0.39, 0.29) is 17.9 Å². The predicted octanol–water partition coefficient (Wildman–Crippen LogP) is 2.96. The first kappa shape index (κ1) is 14.5. The Labute approximate surface area is 122 Å². The number of hydrogen-bond donors (Lipinski definition) is 1. The van der Waals surface area contributed by atoms with Crippen molar-refractivity contribution in [2.45, 2.75) is 38.3 Å². The zero-order valence-corrected chi connectivity index (χ0v) is 12.8. The largest absolute Gasteiger partial charge is 0.393 e. The average Bonchev–Trinajstić information content (AvgIpc) is 2.39. The van der Waals surface area contributed by atoms with Gasteiger partial charge in [0.15, 0.2) is 0 Å². The molecule has 1 N–H and O–H groups in total. The van der Waals surface area contributed by atoms with Gasteiger partial charge in [0, 0.05) is 24.0 Å². The first-order valence-corrected chi connectivity index (χ1v) is 7.53. The number of benzene rings is 1. The van der Waals surface area contributed by atoms with Crippen LogP contribution in [0.15, 0.2) is 28.7 Å². The molecular formula is C15H20BrNO2.